The molecule has 39 heavy (non-hydrogen) atoms. The molecule has 2 N–H and O–H groups in total. The highest BCUT2D eigenvalue weighted by Crippen LogP contribution is 2.31. The summed E-state index contributed by atoms with van der Waals surface area (Å²) in [5.41, 5.74) is 2.16. The van der Waals surface area contributed by atoms with E-state index in [-0.39, 0.29) is 35.9 Å². The number of carbonyl (C=O) groups is 3. The summed E-state index contributed by atoms with van der Waals surface area (Å²) in [5, 5.41) is 12.5. The van der Waals surface area contributed by atoms with Crippen molar-refractivity contribution in [3.05, 3.63) is 95.6 Å². The van der Waals surface area contributed by atoms with Crippen molar-refractivity contribution in [1.82, 2.24) is 10.2 Å². The van der Waals surface area contributed by atoms with Crippen LogP contribution in [0.15, 0.2) is 78.9 Å². The number of hydrogen-bond acceptors (Lipinski definition) is 5. The molecule has 2 aromatic carbocycles. The topological polar surface area (TPSA) is 105 Å². The number of nitrogens with one attached hydrogen (secondary N) is 1. The molecule has 8 heteroatoms. The molecule has 2 aromatic rings. The summed E-state index contributed by atoms with van der Waals surface area (Å²) in [4.78, 5) is 38.8. The Morgan fingerprint density at radius 2 is 1.85 bits per heavy atom. The van der Waals surface area contributed by atoms with Gasteiger partial charge in [-0.15, -0.1) is 0 Å². The smallest absolute Gasteiger partial charge is 0.335 e. The molecule has 1 atom stereocenters. The molecule has 204 valence electrons. The van der Waals surface area contributed by atoms with Crippen molar-refractivity contribution in [2.24, 2.45) is 5.92 Å². The molecule has 2 aliphatic heterocycles. The minimum absolute atomic E-state index is 0.00809. The molecule has 2 heterocycles. The third-order valence-corrected chi connectivity index (χ3v) is 6.93. The Bertz CT molecular complexity index is 1270. The van der Waals surface area contributed by atoms with E-state index in [0.29, 0.717) is 48.8 Å². The molecule has 0 spiro atoms. The van der Waals surface area contributed by atoms with Crippen LogP contribution >= 0.6 is 0 Å². The SMILES string of the molecule is C=C(C=CC=CC)C1CC(=O)N(Cc2ccc(C(=O)O)cc2Oc2ccc(C(=O)NC3CCOCC3)cc2)C1. The van der Waals surface area contributed by atoms with Crippen molar-refractivity contribution in [3.8, 4) is 11.5 Å². The van der Waals surface area contributed by atoms with Crippen LogP contribution in [-0.4, -0.2) is 53.6 Å². The largest absolute Gasteiger partial charge is 0.478 e. The average Bonchev–Trinajstić information content (AvgIpc) is 3.30. The van der Waals surface area contributed by atoms with Crippen molar-refractivity contribution in [1.29, 1.82) is 0 Å². The average molecular weight is 531 g/mol. The first kappa shape index (κ1) is 27.9. The Balaban J connectivity index is 1.46. The molecule has 0 saturated carbocycles. The van der Waals surface area contributed by atoms with E-state index < -0.39 is 5.97 Å². The number of allylic oxidation sites excluding steroid dienone is 4. The van der Waals surface area contributed by atoms with Crippen LogP contribution in [0.5, 0.6) is 11.5 Å². The van der Waals surface area contributed by atoms with Gasteiger partial charge in [0.05, 0.1) is 5.56 Å². The van der Waals surface area contributed by atoms with E-state index in [9.17, 15) is 19.5 Å². The number of benzene rings is 2. The van der Waals surface area contributed by atoms with Crippen LogP contribution in [0.1, 0.15) is 52.5 Å². The van der Waals surface area contributed by atoms with Gasteiger partial charge in [-0.25, -0.2) is 4.79 Å². The number of nitrogens with zero attached hydrogens (tertiary/aromatic N) is 1. The Morgan fingerprint density at radius 1 is 1.13 bits per heavy atom. The van der Waals surface area contributed by atoms with Crippen molar-refractivity contribution >= 4 is 17.8 Å². The fourth-order valence-corrected chi connectivity index (χ4v) is 4.63. The predicted octanol–water partition coefficient (Wildman–Crippen LogP) is 5.12. The Hall–Kier alpha value is -4.17. The molecule has 4 rings (SSSR count). The zero-order chi connectivity index (χ0) is 27.8. The first-order valence-electron chi connectivity index (χ1n) is 13.1. The molecule has 2 saturated heterocycles. The normalized spacial score (nSPS) is 18.1. The van der Waals surface area contributed by atoms with Crippen LogP contribution in [0, 0.1) is 5.92 Å². The number of ether oxygens (including phenoxy) is 2. The lowest BCUT2D eigenvalue weighted by atomic mass is 9.99. The zero-order valence-corrected chi connectivity index (χ0v) is 22.1. The van der Waals surface area contributed by atoms with E-state index in [0.717, 1.165) is 18.4 Å². The number of carbonyl (C=O) groups excluding carboxylic acids is 2. The summed E-state index contributed by atoms with van der Waals surface area (Å²) in [6.07, 6.45) is 9.62. The molecule has 0 aromatic heterocycles. The zero-order valence-electron chi connectivity index (χ0n) is 22.1. The molecule has 2 aliphatic rings. The van der Waals surface area contributed by atoms with Gasteiger partial charge in [0, 0.05) is 55.8 Å². The number of hydrogen-bond donors (Lipinski definition) is 2. The van der Waals surface area contributed by atoms with E-state index in [2.05, 4.69) is 11.9 Å². The first-order valence-corrected chi connectivity index (χ1v) is 13.1. The molecule has 0 aliphatic carbocycles. The number of carboxylic acids is 1. The lowest BCUT2D eigenvalue weighted by molar-refractivity contribution is -0.128. The van der Waals surface area contributed by atoms with E-state index in [1.165, 1.54) is 12.1 Å². The van der Waals surface area contributed by atoms with Crippen molar-refractivity contribution in [2.75, 3.05) is 19.8 Å². The van der Waals surface area contributed by atoms with Crippen LogP contribution in [0.25, 0.3) is 0 Å². The minimum Gasteiger partial charge on any atom is -0.478 e. The summed E-state index contributed by atoms with van der Waals surface area (Å²) in [5.74, 6) is -0.415. The number of amides is 2. The van der Waals surface area contributed by atoms with E-state index in [1.807, 2.05) is 31.2 Å². The summed E-state index contributed by atoms with van der Waals surface area (Å²) in [6, 6.07) is 11.4. The number of aromatic carboxylic acids is 1. The second-order valence-corrected chi connectivity index (χ2v) is 9.75. The molecule has 0 radical (unpaired) electrons. The number of rotatable bonds is 10. The summed E-state index contributed by atoms with van der Waals surface area (Å²) in [7, 11) is 0. The molecule has 8 nitrogen and oxygen atoms in total. The highest BCUT2D eigenvalue weighted by Gasteiger charge is 2.31. The van der Waals surface area contributed by atoms with Crippen LogP contribution in [0.2, 0.25) is 0 Å². The van der Waals surface area contributed by atoms with E-state index >= 15 is 0 Å². The van der Waals surface area contributed by atoms with Gasteiger partial charge in [0.1, 0.15) is 11.5 Å². The van der Waals surface area contributed by atoms with Crippen LogP contribution in [0.3, 0.4) is 0 Å². The van der Waals surface area contributed by atoms with Crippen molar-refractivity contribution in [2.45, 2.75) is 38.8 Å². The Labute approximate surface area is 228 Å². The van der Waals surface area contributed by atoms with E-state index in [4.69, 9.17) is 9.47 Å². The number of likely N-dealkylation sites (tertiary alicyclic amines) is 1. The molecular formula is C31H34N2O6. The van der Waals surface area contributed by atoms with Crippen molar-refractivity contribution < 1.29 is 29.0 Å². The maximum atomic E-state index is 12.8. The van der Waals surface area contributed by atoms with Crippen LogP contribution in [-0.2, 0) is 16.1 Å². The minimum atomic E-state index is -1.08. The molecule has 0 bridgehead atoms. The predicted molar refractivity (Wildman–Crippen MR) is 148 cm³/mol. The summed E-state index contributed by atoms with van der Waals surface area (Å²) in [6.45, 7) is 8.13. The monoisotopic (exact) mass is 530 g/mol. The number of carboxylic acid groups (broad SMARTS) is 1. The van der Waals surface area contributed by atoms with Gasteiger partial charge >= 0.3 is 5.97 Å². The highest BCUT2D eigenvalue weighted by atomic mass is 16.5. The molecular weight excluding hydrogens is 496 g/mol. The fraction of sp³-hybridized carbons (Fsp3) is 0.323. The fourth-order valence-electron chi connectivity index (χ4n) is 4.63. The maximum absolute atomic E-state index is 12.8. The van der Waals surface area contributed by atoms with Gasteiger partial charge in [0.15, 0.2) is 0 Å². The quantitative estimate of drug-likeness (QED) is 0.413. The van der Waals surface area contributed by atoms with Gasteiger partial charge < -0.3 is 24.8 Å². The second-order valence-electron chi connectivity index (χ2n) is 9.75. The van der Waals surface area contributed by atoms with Crippen LogP contribution in [0.4, 0.5) is 0 Å². The van der Waals surface area contributed by atoms with Gasteiger partial charge in [0.25, 0.3) is 5.91 Å². The first-order chi connectivity index (χ1) is 18.8. The molecule has 2 fully saturated rings. The lowest BCUT2D eigenvalue weighted by Gasteiger charge is -2.23. The lowest BCUT2D eigenvalue weighted by Crippen LogP contribution is -2.38. The van der Waals surface area contributed by atoms with Gasteiger partial charge in [0.2, 0.25) is 5.91 Å². The van der Waals surface area contributed by atoms with E-state index in [1.54, 1.807) is 35.2 Å². The summed E-state index contributed by atoms with van der Waals surface area (Å²) >= 11 is 0. The molecule has 2 amide bonds. The van der Waals surface area contributed by atoms with Crippen LogP contribution < -0.4 is 10.1 Å². The standard InChI is InChI=1S/C31H34N2O6/c1-3-4-5-6-21(2)25-18-29(34)33(20-25)19-24-8-7-23(31(36)37)17-28(24)39-27-11-9-22(10-12-27)30(35)32-26-13-15-38-16-14-26/h3-12,17,25-26H,2,13-16,18-20H2,1H3,(H,32,35)(H,36,37). The van der Waals surface area contributed by atoms with Gasteiger partial charge in [-0.05, 0) is 61.7 Å². The Morgan fingerprint density at radius 3 is 2.54 bits per heavy atom. The second kappa shape index (κ2) is 13.1. The summed E-state index contributed by atoms with van der Waals surface area (Å²) < 4.78 is 11.4. The Kier molecular flexibility index (Phi) is 9.33. The molecule has 1 unspecified atom stereocenters. The highest BCUT2D eigenvalue weighted by molar-refractivity contribution is 5.94. The van der Waals surface area contributed by atoms with Gasteiger partial charge in [-0.1, -0.05) is 36.9 Å². The maximum Gasteiger partial charge on any atom is 0.335 e. The van der Waals surface area contributed by atoms with Gasteiger partial charge in [-0.3, -0.25) is 9.59 Å². The third kappa shape index (κ3) is 7.45. The van der Waals surface area contributed by atoms with Crippen molar-refractivity contribution in [3.63, 3.8) is 0 Å². The third-order valence-electron chi connectivity index (χ3n) is 6.93. The van der Waals surface area contributed by atoms with Gasteiger partial charge in [-0.2, -0.15) is 0 Å².